The Kier molecular flexibility index (Phi) is 4.74. The number of benzene rings is 2. The molecule has 2 atom stereocenters. The van der Waals surface area contributed by atoms with Crippen LogP contribution in [0.3, 0.4) is 0 Å². The lowest BCUT2D eigenvalue weighted by molar-refractivity contribution is 0.142. The monoisotopic (exact) mass is 274 g/mol. The number of methoxy groups -OCH3 is 1. The van der Waals surface area contributed by atoms with Gasteiger partial charge in [0.1, 0.15) is 0 Å². The van der Waals surface area contributed by atoms with Crippen LogP contribution in [0.2, 0.25) is 0 Å². The molecular weight excluding hydrogens is 255 g/mol. The van der Waals surface area contributed by atoms with Gasteiger partial charge in [-0.25, -0.2) is 4.39 Å². The summed E-state index contributed by atoms with van der Waals surface area (Å²) in [5.74, 6) is -0.315. The second-order valence-electron chi connectivity index (χ2n) is 4.76. The maximum atomic E-state index is 13.7. The average molecular weight is 274 g/mol. The highest BCUT2D eigenvalue weighted by molar-refractivity contribution is 5.33. The van der Waals surface area contributed by atoms with Crippen LogP contribution < -0.4 is 4.74 Å². The third kappa shape index (κ3) is 2.99. The third-order valence-electron chi connectivity index (χ3n) is 3.57. The van der Waals surface area contributed by atoms with Gasteiger partial charge in [-0.1, -0.05) is 43.3 Å². The molecule has 0 saturated carbocycles. The molecule has 0 aliphatic carbocycles. The minimum atomic E-state index is -0.734. The van der Waals surface area contributed by atoms with Crippen LogP contribution in [-0.4, -0.2) is 12.2 Å². The maximum Gasteiger partial charge on any atom is 0.165 e. The molecule has 0 radical (unpaired) electrons. The largest absolute Gasteiger partial charge is 0.494 e. The van der Waals surface area contributed by atoms with Gasteiger partial charge in [0.25, 0.3) is 0 Å². The van der Waals surface area contributed by atoms with Crippen LogP contribution in [0.5, 0.6) is 5.75 Å². The summed E-state index contributed by atoms with van der Waals surface area (Å²) in [6, 6.07) is 14.4. The first-order valence-electron chi connectivity index (χ1n) is 6.73. The van der Waals surface area contributed by atoms with Crippen LogP contribution >= 0.6 is 0 Å². The molecule has 0 heterocycles. The summed E-state index contributed by atoms with van der Waals surface area (Å²) >= 11 is 0. The summed E-state index contributed by atoms with van der Waals surface area (Å²) in [5.41, 5.74) is 1.62. The van der Waals surface area contributed by atoms with Crippen molar-refractivity contribution < 1.29 is 14.2 Å². The van der Waals surface area contributed by atoms with E-state index in [9.17, 15) is 9.50 Å². The van der Waals surface area contributed by atoms with Crippen molar-refractivity contribution in [2.75, 3.05) is 7.11 Å². The first-order chi connectivity index (χ1) is 9.67. The molecule has 0 aliphatic heterocycles. The zero-order valence-corrected chi connectivity index (χ0v) is 11.7. The van der Waals surface area contributed by atoms with Gasteiger partial charge in [0, 0.05) is 5.92 Å². The van der Waals surface area contributed by atoms with E-state index in [0.29, 0.717) is 5.56 Å². The van der Waals surface area contributed by atoms with Gasteiger partial charge in [0.2, 0.25) is 0 Å². The molecular formula is C17H19FO2. The van der Waals surface area contributed by atoms with E-state index in [1.54, 1.807) is 12.1 Å². The summed E-state index contributed by atoms with van der Waals surface area (Å²) in [6.45, 7) is 2.01. The van der Waals surface area contributed by atoms with Crippen molar-refractivity contribution in [1.29, 1.82) is 0 Å². The quantitative estimate of drug-likeness (QED) is 0.891. The Bertz CT molecular complexity index is 554. The van der Waals surface area contributed by atoms with Gasteiger partial charge >= 0.3 is 0 Å². The molecule has 2 nitrogen and oxygen atoms in total. The number of ether oxygens (including phenoxy) is 1. The van der Waals surface area contributed by atoms with E-state index in [2.05, 4.69) is 0 Å². The maximum absolute atomic E-state index is 13.7. The van der Waals surface area contributed by atoms with Gasteiger partial charge < -0.3 is 9.84 Å². The van der Waals surface area contributed by atoms with E-state index in [0.717, 1.165) is 12.0 Å². The first kappa shape index (κ1) is 14.5. The van der Waals surface area contributed by atoms with E-state index >= 15 is 0 Å². The van der Waals surface area contributed by atoms with Crippen LogP contribution in [0.1, 0.15) is 36.5 Å². The predicted octanol–water partition coefficient (Wildman–Crippen LogP) is 4.06. The Hall–Kier alpha value is -1.87. The molecule has 0 amide bonds. The highest BCUT2D eigenvalue weighted by Crippen LogP contribution is 2.34. The van der Waals surface area contributed by atoms with Crippen LogP contribution in [0.4, 0.5) is 4.39 Å². The van der Waals surface area contributed by atoms with Crippen molar-refractivity contribution in [2.45, 2.75) is 25.4 Å². The molecule has 0 fully saturated rings. The molecule has 20 heavy (non-hydrogen) atoms. The Balaban J connectivity index is 2.29. The van der Waals surface area contributed by atoms with Crippen LogP contribution in [0.25, 0.3) is 0 Å². The normalized spacial score (nSPS) is 13.8. The SMILES string of the molecule is CCC(c1ccccc1)C(O)c1ccc(OC)c(F)c1. The topological polar surface area (TPSA) is 29.5 Å². The van der Waals surface area contributed by atoms with Gasteiger partial charge in [0.15, 0.2) is 11.6 Å². The van der Waals surface area contributed by atoms with E-state index in [-0.39, 0.29) is 11.7 Å². The second-order valence-corrected chi connectivity index (χ2v) is 4.76. The zero-order valence-electron chi connectivity index (χ0n) is 11.7. The van der Waals surface area contributed by atoms with E-state index in [4.69, 9.17) is 4.74 Å². The van der Waals surface area contributed by atoms with Gasteiger partial charge in [-0.05, 0) is 29.7 Å². The standard InChI is InChI=1S/C17H19FO2/c1-3-14(12-7-5-4-6-8-12)17(19)13-9-10-16(20-2)15(18)11-13/h4-11,14,17,19H,3H2,1-2H3. The van der Waals surface area contributed by atoms with Crippen LogP contribution in [-0.2, 0) is 0 Å². The summed E-state index contributed by atoms with van der Waals surface area (Å²) < 4.78 is 18.6. The summed E-state index contributed by atoms with van der Waals surface area (Å²) in [5, 5.41) is 10.5. The zero-order chi connectivity index (χ0) is 14.5. The highest BCUT2D eigenvalue weighted by Gasteiger charge is 2.22. The van der Waals surface area contributed by atoms with Crippen LogP contribution in [0, 0.1) is 5.82 Å². The summed E-state index contributed by atoms with van der Waals surface area (Å²) in [6.07, 6.45) is 0.0431. The van der Waals surface area contributed by atoms with E-state index < -0.39 is 11.9 Å². The average Bonchev–Trinajstić information content (AvgIpc) is 2.49. The molecule has 0 aromatic heterocycles. The number of hydrogen-bond donors (Lipinski definition) is 1. The van der Waals surface area contributed by atoms with Crippen molar-refractivity contribution in [2.24, 2.45) is 0 Å². The molecule has 106 valence electrons. The first-order valence-corrected chi connectivity index (χ1v) is 6.73. The summed E-state index contributed by atoms with van der Waals surface area (Å²) in [4.78, 5) is 0. The van der Waals surface area contributed by atoms with Gasteiger partial charge in [-0.2, -0.15) is 0 Å². The Morgan fingerprint density at radius 3 is 2.35 bits per heavy atom. The predicted molar refractivity (Wildman–Crippen MR) is 77.4 cm³/mol. The molecule has 0 saturated heterocycles. The minimum Gasteiger partial charge on any atom is -0.494 e. The van der Waals surface area contributed by atoms with Gasteiger partial charge in [-0.15, -0.1) is 0 Å². The molecule has 0 bridgehead atoms. The van der Waals surface area contributed by atoms with E-state index in [1.165, 1.54) is 13.2 Å². The van der Waals surface area contributed by atoms with Gasteiger partial charge in [0.05, 0.1) is 13.2 Å². The number of aliphatic hydroxyl groups is 1. The smallest absolute Gasteiger partial charge is 0.165 e. The molecule has 0 spiro atoms. The molecule has 2 aromatic carbocycles. The third-order valence-corrected chi connectivity index (χ3v) is 3.57. The lowest BCUT2D eigenvalue weighted by Gasteiger charge is -2.22. The Labute approximate surface area is 118 Å². The van der Waals surface area contributed by atoms with Gasteiger partial charge in [-0.3, -0.25) is 0 Å². The molecule has 0 aliphatic rings. The van der Waals surface area contributed by atoms with Crippen molar-refractivity contribution in [3.05, 3.63) is 65.5 Å². The summed E-state index contributed by atoms with van der Waals surface area (Å²) in [7, 11) is 1.42. The Morgan fingerprint density at radius 2 is 1.80 bits per heavy atom. The fraction of sp³-hybridized carbons (Fsp3) is 0.294. The number of halogens is 1. The van der Waals surface area contributed by atoms with Crippen molar-refractivity contribution in [1.82, 2.24) is 0 Å². The second kappa shape index (κ2) is 6.53. The Morgan fingerprint density at radius 1 is 1.10 bits per heavy atom. The fourth-order valence-corrected chi connectivity index (χ4v) is 2.44. The number of aliphatic hydroxyl groups excluding tert-OH is 1. The van der Waals surface area contributed by atoms with Crippen molar-refractivity contribution >= 4 is 0 Å². The minimum absolute atomic E-state index is 0.0519. The van der Waals surface area contributed by atoms with Crippen LogP contribution in [0.15, 0.2) is 48.5 Å². The molecule has 2 rings (SSSR count). The number of rotatable bonds is 5. The van der Waals surface area contributed by atoms with Crippen molar-refractivity contribution in [3.8, 4) is 5.75 Å². The molecule has 2 aromatic rings. The molecule has 1 N–H and O–H groups in total. The lowest BCUT2D eigenvalue weighted by atomic mass is 9.87. The lowest BCUT2D eigenvalue weighted by Crippen LogP contribution is -2.10. The molecule has 3 heteroatoms. The fourth-order valence-electron chi connectivity index (χ4n) is 2.44. The van der Waals surface area contributed by atoms with Crippen molar-refractivity contribution in [3.63, 3.8) is 0 Å². The number of hydrogen-bond acceptors (Lipinski definition) is 2. The molecule has 2 unspecified atom stereocenters. The highest BCUT2D eigenvalue weighted by atomic mass is 19.1. The van der Waals surface area contributed by atoms with E-state index in [1.807, 2.05) is 37.3 Å².